The van der Waals surface area contributed by atoms with Crippen LogP contribution < -0.4 is 5.32 Å². The van der Waals surface area contributed by atoms with Gasteiger partial charge in [-0.25, -0.2) is 0 Å². The second-order valence-corrected chi connectivity index (χ2v) is 7.61. The van der Waals surface area contributed by atoms with E-state index in [0.29, 0.717) is 5.56 Å². The van der Waals surface area contributed by atoms with Crippen LogP contribution in [0.25, 0.3) is 0 Å². The molecule has 4 rings (SSSR count). The fourth-order valence-electron chi connectivity index (χ4n) is 4.06. The number of hydrogen-bond donors (Lipinski definition) is 1. The number of carbonyl (C=O) groups is 2. The maximum atomic E-state index is 12.8. The molecule has 0 atom stereocenters. The van der Waals surface area contributed by atoms with Crippen molar-refractivity contribution in [1.82, 2.24) is 9.80 Å². The molecule has 1 saturated heterocycles. The van der Waals surface area contributed by atoms with E-state index in [0.717, 1.165) is 50.7 Å². The number of anilines is 1. The maximum Gasteiger partial charge on any atom is 0.254 e. The minimum absolute atomic E-state index is 0.0774. The highest BCUT2D eigenvalue weighted by atomic mass is 16.2. The van der Waals surface area contributed by atoms with Crippen LogP contribution in [0.3, 0.4) is 0 Å². The molecule has 2 amide bonds. The van der Waals surface area contributed by atoms with E-state index in [-0.39, 0.29) is 17.7 Å². The SMILES string of the molecule is O=C(Nc1cccc(C(=O)N2CCN(C3CCCC3)CC2)c1)C1CC1. The van der Waals surface area contributed by atoms with Crippen molar-refractivity contribution in [2.45, 2.75) is 44.6 Å². The Morgan fingerprint density at radius 3 is 2.36 bits per heavy atom. The van der Waals surface area contributed by atoms with Crippen LogP contribution in [-0.4, -0.2) is 53.8 Å². The molecule has 134 valence electrons. The molecule has 0 aromatic heterocycles. The molecular formula is C20H27N3O2. The second kappa shape index (κ2) is 7.16. The lowest BCUT2D eigenvalue weighted by Gasteiger charge is -2.38. The Kier molecular flexibility index (Phi) is 4.75. The first-order chi connectivity index (χ1) is 12.2. The molecule has 2 saturated carbocycles. The van der Waals surface area contributed by atoms with Gasteiger partial charge in [-0.3, -0.25) is 14.5 Å². The molecular weight excluding hydrogens is 314 g/mol. The minimum Gasteiger partial charge on any atom is -0.336 e. The number of carbonyl (C=O) groups excluding carboxylic acids is 2. The summed E-state index contributed by atoms with van der Waals surface area (Å²) in [6.45, 7) is 3.56. The monoisotopic (exact) mass is 341 g/mol. The lowest BCUT2D eigenvalue weighted by molar-refractivity contribution is -0.117. The van der Waals surface area contributed by atoms with Crippen molar-refractivity contribution in [3.05, 3.63) is 29.8 Å². The van der Waals surface area contributed by atoms with Crippen molar-refractivity contribution in [1.29, 1.82) is 0 Å². The van der Waals surface area contributed by atoms with E-state index < -0.39 is 0 Å². The molecule has 1 heterocycles. The van der Waals surface area contributed by atoms with Gasteiger partial charge in [0.15, 0.2) is 0 Å². The maximum absolute atomic E-state index is 12.8. The lowest BCUT2D eigenvalue weighted by atomic mass is 10.1. The van der Waals surface area contributed by atoms with Crippen molar-refractivity contribution in [2.24, 2.45) is 5.92 Å². The van der Waals surface area contributed by atoms with Crippen LogP contribution in [-0.2, 0) is 4.79 Å². The average molecular weight is 341 g/mol. The Morgan fingerprint density at radius 2 is 1.68 bits per heavy atom. The summed E-state index contributed by atoms with van der Waals surface area (Å²) in [5, 5.41) is 2.93. The number of nitrogens with zero attached hydrogens (tertiary/aromatic N) is 2. The average Bonchev–Trinajstić information content (AvgIpc) is 3.36. The topological polar surface area (TPSA) is 52.7 Å². The molecule has 5 heteroatoms. The Morgan fingerprint density at radius 1 is 0.960 bits per heavy atom. The van der Waals surface area contributed by atoms with Crippen molar-refractivity contribution < 1.29 is 9.59 Å². The zero-order chi connectivity index (χ0) is 17.2. The van der Waals surface area contributed by atoms with Gasteiger partial charge in [0.2, 0.25) is 5.91 Å². The molecule has 0 radical (unpaired) electrons. The third-order valence-corrected chi connectivity index (χ3v) is 5.77. The van der Waals surface area contributed by atoms with E-state index in [1.54, 1.807) is 0 Å². The fraction of sp³-hybridized carbons (Fsp3) is 0.600. The van der Waals surface area contributed by atoms with E-state index in [4.69, 9.17) is 0 Å². The fourth-order valence-corrected chi connectivity index (χ4v) is 4.06. The Hall–Kier alpha value is -1.88. The number of rotatable bonds is 4. The van der Waals surface area contributed by atoms with Crippen LogP contribution in [0, 0.1) is 5.92 Å². The van der Waals surface area contributed by atoms with Crippen LogP contribution in [0.4, 0.5) is 5.69 Å². The Labute approximate surface area is 149 Å². The minimum atomic E-state index is 0.0774. The molecule has 5 nitrogen and oxygen atoms in total. The largest absolute Gasteiger partial charge is 0.336 e. The number of benzene rings is 1. The summed E-state index contributed by atoms with van der Waals surface area (Å²) in [6.07, 6.45) is 7.30. The predicted molar refractivity (Wildman–Crippen MR) is 97.5 cm³/mol. The van der Waals surface area contributed by atoms with Crippen molar-refractivity contribution in [3.8, 4) is 0 Å². The zero-order valence-electron chi connectivity index (χ0n) is 14.7. The molecule has 0 unspecified atom stereocenters. The highest BCUT2D eigenvalue weighted by Crippen LogP contribution is 2.30. The van der Waals surface area contributed by atoms with Crippen LogP contribution in [0.15, 0.2) is 24.3 Å². The highest BCUT2D eigenvalue weighted by Gasteiger charge is 2.30. The third-order valence-electron chi connectivity index (χ3n) is 5.77. The van der Waals surface area contributed by atoms with Gasteiger partial charge in [-0.2, -0.15) is 0 Å². The molecule has 2 aliphatic carbocycles. The molecule has 3 aliphatic rings. The van der Waals surface area contributed by atoms with Gasteiger partial charge in [0.1, 0.15) is 0 Å². The predicted octanol–water partition coefficient (Wildman–Crippen LogP) is 2.74. The van der Waals surface area contributed by atoms with Gasteiger partial charge in [-0.05, 0) is 43.9 Å². The summed E-state index contributed by atoms with van der Waals surface area (Å²) in [5.41, 5.74) is 1.40. The normalized spacial score (nSPS) is 22.2. The van der Waals surface area contributed by atoms with Crippen molar-refractivity contribution >= 4 is 17.5 Å². The second-order valence-electron chi connectivity index (χ2n) is 7.61. The van der Waals surface area contributed by atoms with Gasteiger partial charge in [0, 0.05) is 49.4 Å². The number of piperazine rings is 1. The summed E-state index contributed by atoms with van der Waals surface area (Å²) in [7, 11) is 0. The molecule has 0 bridgehead atoms. The van der Waals surface area contributed by atoms with E-state index in [1.807, 2.05) is 29.2 Å². The summed E-state index contributed by atoms with van der Waals surface area (Å²) in [6, 6.07) is 8.10. The van der Waals surface area contributed by atoms with E-state index in [9.17, 15) is 9.59 Å². The zero-order valence-corrected chi connectivity index (χ0v) is 14.7. The van der Waals surface area contributed by atoms with Crippen molar-refractivity contribution in [3.63, 3.8) is 0 Å². The number of amides is 2. The molecule has 0 spiro atoms. The van der Waals surface area contributed by atoms with Gasteiger partial charge in [-0.15, -0.1) is 0 Å². The van der Waals surface area contributed by atoms with Gasteiger partial charge in [-0.1, -0.05) is 18.9 Å². The van der Waals surface area contributed by atoms with Gasteiger partial charge >= 0.3 is 0 Å². The summed E-state index contributed by atoms with van der Waals surface area (Å²) < 4.78 is 0. The first-order valence-corrected chi connectivity index (χ1v) is 9.65. The van der Waals surface area contributed by atoms with Gasteiger partial charge in [0.25, 0.3) is 5.91 Å². The Bertz CT molecular complexity index is 642. The van der Waals surface area contributed by atoms with E-state index in [1.165, 1.54) is 25.7 Å². The van der Waals surface area contributed by atoms with Crippen LogP contribution in [0.1, 0.15) is 48.9 Å². The quantitative estimate of drug-likeness (QED) is 0.916. The molecule has 1 N–H and O–H groups in total. The molecule has 1 aromatic rings. The number of hydrogen-bond acceptors (Lipinski definition) is 3. The van der Waals surface area contributed by atoms with Crippen LogP contribution in [0.5, 0.6) is 0 Å². The number of nitrogens with one attached hydrogen (secondary N) is 1. The van der Waals surface area contributed by atoms with Crippen LogP contribution >= 0.6 is 0 Å². The van der Waals surface area contributed by atoms with Gasteiger partial charge < -0.3 is 10.2 Å². The molecule has 3 fully saturated rings. The third kappa shape index (κ3) is 3.87. The highest BCUT2D eigenvalue weighted by molar-refractivity contribution is 5.98. The molecule has 1 aliphatic heterocycles. The first-order valence-electron chi connectivity index (χ1n) is 9.65. The van der Waals surface area contributed by atoms with E-state index >= 15 is 0 Å². The van der Waals surface area contributed by atoms with Gasteiger partial charge in [0.05, 0.1) is 0 Å². The molecule has 25 heavy (non-hydrogen) atoms. The Balaban J connectivity index is 1.35. The standard InChI is InChI=1S/C20H27N3O2/c24-19(15-8-9-15)21-17-5-3-4-16(14-17)20(25)23-12-10-22(11-13-23)18-6-1-2-7-18/h3-5,14-15,18H,1-2,6-13H2,(H,21,24). The summed E-state index contributed by atoms with van der Waals surface area (Å²) in [4.78, 5) is 29.2. The lowest BCUT2D eigenvalue weighted by Crippen LogP contribution is -2.51. The molecule has 1 aromatic carbocycles. The van der Waals surface area contributed by atoms with Crippen molar-refractivity contribution in [2.75, 3.05) is 31.5 Å². The summed E-state index contributed by atoms with van der Waals surface area (Å²) >= 11 is 0. The smallest absolute Gasteiger partial charge is 0.254 e. The van der Waals surface area contributed by atoms with E-state index in [2.05, 4.69) is 10.2 Å². The first kappa shape index (κ1) is 16.6. The van der Waals surface area contributed by atoms with Crippen LogP contribution in [0.2, 0.25) is 0 Å². The summed E-state index contributed by atoms with van der Waals surface area (Å²) in [5.74, 6) is 0.325.